The van der Waals surface area contributed by atoms with Gasteiger partial charge in [-0.05, 0) is 42.0 Å². The average molecular weight is 269 g/mol. The molecule has 0 unspecified atom stereocenters. The van der Waals surface area contributed by atoms with E-state index in [2.05, 4.69) is 47.3 Å². The van der Waals surface area contributed by atoms with Gasteiger partial charge in [-0.1, -0.05) is 12.1 Å². The van der Waals surface area contributed by atoms with Crippen LogP contribution in [0.5, 0.6) is 0 Å². The third-order valence-electron chi connectivity index (χ3n) is 3.99. The molecule has 4 heteroatoms. The van der Waals surface area contributed by atoms with Crippen molar-refractivity contribution in [3.8, 4) is 10.7 Å². The standard InChI is InChI=1S/C15H15N3S/c1-18-12-5-4-10(15(16)6-7-15)9-11(12)17-14(18)13-3-2-8-19-13/h2-5,8-9H,6-7,16H2,1H3. The zero-order valence-corrected chi connectivity index (χ0v) is 11.6. The minimum absolute atomic E-state index is 0.0885. The average Bonchev–Trinajstić information content (AvgIpc) is 2.87. The first-order valence-electron chi connectivity index (χ1n) is 6.47. The van der Waals surface area contributed by atoms with Crippen LogP contribution in [0.2, 0.25) is 0 Å². The molecule has 0 amide bonds. The summed E-state index contributed by atoms with van der Waals surface area (Å²) < 4.78 is 2.15. The largest absolute Gasteiger partial charge is 0.326 e. The van der Waals surface area contributed by atoms with E-state index in [9.17, 15) is 0 Å². The molecule has 0 spiro atoms. The third-order valence-corrected chi connectivity index (χ3v) is 4.85. The molecular weight excluding hydrogens is 254 g/mol. The van der Waals surface area contributed by atoms with Crippen LogP contribution in [0.15, 0.2) is 35.7 Å². The number of hydrogen-bond donors (Lipinski definition) is 1. The first-order valence-corrected chi connectivity index (χ1v) is 7.35. The van der Waals surface area contributed by atoms with Crippen LogP contribution in [0.1, 0.15) is 18.4 Å². The van der Waals surface area contributed by atoms with E-state index >= 15 is 0 Å². The van der Waals surface area contributed by atoms with Crippen molar-refractivity contribution in [3.05, 3.63) is 41.3 Å². The maximum atomic E-state index is 6.27. The quantitative estimate of drug-likeness (QED) is 0.776. The molecule has 1 fully saturated rings. The zero-order valence-electron chi connectivity index (χ0n) is 10.8. The highest BCUT2D eigenvalue weighted by atomic mass is 32.1. The van der Waals surface area contributed by atoms with Crippen LogP contribution in [0, 0.1) is 0 Å². The van der Waals surface area contributed by atoms with Crippen LogP contribution >= 0.6 is 11.3 Å². The Morgan fingerprint density at radius 2 is 2.16 bits per heavy atom. The number of fused-ring (bicyclic) bond motifs is 1. The minimum Gasteiger partial charge on any atom is -0.326 e. The maximum absolute atomic E-state index is 6.27. The van der Waals surface area contributed by atoms with Gasteiger partial charge in [0.1, 0.15) is 0 Å². The summed E-state index contributed by atoms with van der Waals surface area (Å²) in [6.07, 6.45) is 2.17. The number of benzene rings is 1. The fourth-order valence-corrected chi connectivity index (χ4v) is 3.31. The second-order valence-corrected chi connectivity index (χ2v) is 6.28. The molecule has 0 radical (unpaired) electrons. The fraction of sp³-hybridized carbons (Fsp3) is 0.267. The lowest BCUT2D eigenvalue weighted by Crippen LogP contribution is -2.18. The first-order chi connectivity index (χ1) is 9.17. The van der Waals surface area contributed by atoms with Gasteiger partial charge in [-0.15, -0.1) is 11.3 Å². The molecule has 3 aromatic rings. The summed E-state index contributed by atoms with van der Waals surface area (Å²) in [4.78, 5) is 5.98. The van der Waals surface area contributed by atoms with E-state index in [1.807, 2.05) is 0 Å². The molecule has 0 saturated heterocycles. The second-order valence-electron chi connectivity index (χ2n) is 5.33. The van der Waals surface area contributed by atoms with Crippen molar-refractivity contribution in [1.29, 1.82) is 0 Å². The summed E-state index contributed by atoms with van der Waals surface area (Å²) in [6, 6.07) is 10.6. The molecule has 0 bridgehead atoms. The van der Waals surface area contributed by atoms with Gasteiger partial charge in [0, 0.05) is 12.6 Å². The fourth-order valence-electron chi connectivity index (χ4n) is 2.56. The molecular formula is C15H15N3S. The van der Waals surface area contributed by atoms with Gasteiger partial charge in [0.05, 0.1) is 15.9 Å². The molecule has 1 aliphatic rings. The van der Waals surface area contributed by atoms with E-state index in [-0.39, 0.29) is 5.54 Å². The van der Waals surface area contributed by atoms with Crippen molar-refractivity contribution >= 4 is 22.4 Å². The van der Waals surface area contributed by atoms with E-state index in [0.717, 1.165) is 29.7 Å². The molecule has 2 N–H and O–H groups in total. The predicted molar refractivity (Wildman–Crippen MR) is 79.1 cm³/mol. The molecule has 0 aliphatic heterocycles. The molecule has 19 heavy (non-hydrogen) atoms. The molecule has 0 atom stereocenters. The summed E-state index contributed by atoms with van der Waals surface area (Å²) in [7, 11) is 2.07. The van der Waals surface area contributed by atoms with Crippen molar-refractivity contribution in [3.63, 3.8) is 0 Å². The smallest absolute Gasteiger partial charge is 0.150 e. The van der Waals surface area contributed by atoms with E-state index in [1.165, 1.54) is 10.4 Å². The van der Waals surface area contributed by atoms with Crippen LogP contribution in [0.3, 0.4) is 0 Å². The number of rotatable bonds is 2. The Bertz CT molecular complexity index is 751. The van der Waals surface area contributed by atoms with Gasteiger partial charge in [-0.3, -0.25) is 0 Å². The number of thiophene rings is 1. The van der Waals surface area contributed by atoms with Crippen LogP contribution in [0.25, 0.3) is 21.7 Å². The van der Waals surface area contributed by atoms with E-state index < -0.39 is 0 Å². The van der Waals surface area contributed by atoms with Crippen LogP contribution in [0.4, 0.5) is 0 Å². The number of aromatic nitrogens is 2. The van der Waals surface area contributed by atoms with E-state index in [0.29, 0.717) is 0 Å². The van der Waals surface area contributed by atoms with Gasteiger partial charge in [0.25, 0.3) is 0 Å². The summed E-state index contributed by atoms with van der Waals surface area (Å²) in [5.41, 5.74) is 9.60. The zero-order chi connectivity index (χ0) is 13.0. The van der Waals surface area contributed by atoms with Crippen molar-refractivity contribution < 1.29 is 0 Å². The van der Waals surface area contributed by atoms with Gasteiger partial charge in [-0.25, -0.2) is 4.98 Å². The van der Waals surface area contributed by atoms with Gasteiger partial charge in [0.15, 0.2) is 5.82 Å². The molecule has 2 heterocycles. The van der Waals surface area contributed by atoms with Crippen LogP contribution in [-0.2, 0) is 12.6 Å². The summed E-state index contributed by atoms with van der Waals surface area (Å²) in [5, 5.41) is 2.08. The highest BCUT2D eigenvalue weighted by Crippen LogP contribution is 2.43. The Kier molecular flexibility index (Phi) is 2.17. The number of aryl methyl sites for hydroxylation is 1. The summed E-state index contributed by atoms with van der Waals surface area (Å²) in [5.74, 6) is 1.03. The Labute approximate surface area is 115 Å². The number of nitrogens with zero attached hydrogens (tertiary/aromatic N) is 2. The monoisotopic (exact) mass is 269 g/mol. The van der Waals surface area contributed by atoms with Gasteiger partial charge in [0.2, 0.25) is 0 Å². The lowest BCUT2D eigenvalue weighted by atomic mass is 10.1. The Morgan fingerprint density at radius 3 is 2.84 bits per heavy atom. The Balaban J connectivity index is 1.91. The molecule has 1 aliphatic carbocycles. The van der Waals surface area contributed by atoms with Crippen molar-refractivity contribution in [1.82, 2.24) is 9.55 Å². The Hall–Kier alpha value is -1.65. The Morgan fingerprint density at radius 1 is 1.32 bits per heavy atom. The molecule has 4 rings (SSSR count). The van der Waals surface area contributed by atoms with Crippen molar-refractivity contribution in [2.45, 2.75) is 18.4 Å². The predicted octanol–water partition coefficient (Wildman–Crippen LogP) is 3.25. The van der Waals surface area contributed by atoms with Gasteiger partial charge in [-0.2, -0.15) is 0 Å². The molecule has 3 nitrogen and oxygen atoms in total. The number of imidazole rings is 1. The number of nitrogens with two attached hydrogens (primary N) is 1. The lowest BCUT2D eigenvalue weighted by molar-refractivity contribution is 0.741. The van der Waals surface area contributed by atoms with Crippen LogP contribution in [-0.4, -0.2) is 9.55 Å². The van der Waals surface area contributed by atoms with Crippen LogP contribution < -0.4 is 5.73 Å². The highest BCUT2D eigenvalue weighted by Gasteiger charge is 2.40. The topological polar surface area (TPSA) is 43.8 Å². The molecule has 1 saturated carbocycles. The molecule has 96 valence electrons. The maximum Gasteiger partial charge on any atom is 0.150 e. The lowest BCUT2D eigenvalue weighted by Gasteiger charge is -2.08. The minimum atomic E-state index is -0.0885. The normalized spacial score (nSPS) is 16.9. The van der Waals surface area contributed by atoms with E-state index in [4.69, 9.17) is 10.7 Å². The first kappa shape index (κ1) is 11.2. The third kappa shape index (κ3) is 1.64. The van der Waals surface area contributed by atoms with Gasteiger partial charge >= 0.3 is 0 Å². The van der Waals surface area contributed by atoms with Gasteiger partial charge < -0.3 is 10.3 Å². The number of hydrogen-bond acceptors (Lipinski definition) is 3. The summed E-state index contributed by atoms with van der Waals surface area (Å²) >= 11 is 1.72. The van der Waals surface area contributed by atoms with E-state index in [1.54, 1.807) is 11.3 Å². The second kappa shape index (κ2) is 3.68. The molecule has 2 aromatic heterocycles. The SMILES string of the molecule is Cn1c(-c2cccs2)nc2cc(C3(N)CC3)ccc21. The highest BCUT2D eigenvalue weighted by molar-refractivity contribution is 7.13. The molecule has 1 aromatic carbocycles. The van der Waals surface area contributed by atoms with Crippen molar-refractivity contribution in [2.75, 3.05) is 0 Å². The summed E-state index contributed by atoms with van der Waals surface area (Å²) in [6.45, 7) is 0. The van der Waals surface area contributed by atoms with Crippen molar-refractivity contribution in [2.24, 2.45) is 12.8 Å².